The molecule has 0 unspecified atom stereocenters. The Morgan fingerprint density at radius 1 is 0.816 bits per heavy atom. The Bertz CT molecular complexity index is 2130. The highest BCUT2D eigenvalue weighted by atomic mass is 35.5. The highest BCUT2D eigenvalue weighted by Gasteiger charge is 2.26. The monoisotopic (exact) mass is 708 g/mol. The normalized spacial score (nSPS) is 11.7. The number of fused-ring (bicyclic) bond motifs is 1. The lowest BCUT2D eigenvalue weighted by atomic mass is 9.97. The zero-order chi connectivity index (χ0) is 34.4. The molecule has 0 amide bonds. The highest BCUT2D eigenvalue weighted by Crippen LogP contribution is 2.38. The third kappa shape index (κ3) is 7.78. The van der Waals surface area contributed by atoms with Gasteiger partial charge in [-0.3, -0.25) is 0 Å². The first-order valence-electron chi connectivity index (χ1n) is 16.1. The van der Waals surface area contributed by atoms with Gasteiger partial charge >= 0.3 is 5.97 Å². The Morgan fingerprint density at radius 3 is 2.08 bits per heavy atom. The number of sulfonamides is 1. The number of carboxylic acids is 1. The Kier molecular flexibility index (Phi) is 10.9. The van der Waals surface area contributed by atoms with Crippen LogP contribution >= 0.6 is 23.4 Å². The molecule has 0 spiro atoms. The van der Waals surface area contributed by atoms with Gasteiger partial charge in [-0.2, -0.15) is 0 Å². The second-order valence-corrected chi connectivity index (χ2v) is 14.9. The van der Waals surface area contributed by atoms with Crippen LogP contribution in [0, 0.1) is 0 Å². The zero-order valence-corrected chi connectivity index (χ0v) is 29.4. The molecule has 0 aliphatic rings. The van der Waals surface area contributed by atoms with E-state index in [-0.39, 0.29) is 23.0 Å². The predicted molar refractivity (Wildman–Crippen MR) is 200 cm³/mol. The molecule has 0 bridgehead atoms. The van der Waals surface area contributed by atoms with Crippen LogP contribution in [0.2, 0.25) is 5.02 Å². The standard InChI is InChI=1S/C40H37ClN2O4S2/c1-48-37-17-8-9-18-38(37)49(46,47)42-26-25-36-33(16-10-11-28-19-21-31(22-20-28)40(44)45)34-27-32(41)23-24-35(34)43(36)39(29-12-4-2-5-13-29)30-14-6-3-7-15-30/h2-9,12-15,17-24,27,39,42H,10-11,16,25-26H2,1H3,(H,44,45). The second-order valence-electron chi connectivity index (χ2n) is 11.8. The van der Waals surface area contributed by atoms with Crippen LogP contribution in [0.4, 0.5) is 0 Å². The number of hydrogen-bond acceptors (Lipinski definition) is 4. The number of halogens is 1. The van der Waals surface area contributed by atoms with E-state index >= 15 is 0 Å². The van der Waals surface area contributed by atoms with Crippen molar-refractivity contribution < 1.29 is 18.3 Å². The first kappa shape index (κ1) is 34.5. The maximum atomic E-state index is 13.6. The van der Waals surface area contributed by atoms with Crippen molar-refractivity contribution in [1.29, 1.82) is 0 Å². The summed E-state index contributed by atoms with van der Waals surface area (Å²) in [6, 6.07) is 40.6. The molecular weight excluding hydrogens is 672 g/mol. The van der Waals surface area contributed by atoms with Gasteiger partial charge in [0.15, 0.2) is 0 Å². The summed E-state index contributed by atoms with van der Waals surface area (Å²) in [7, 11) is -3.77. The molecule has 6 nitrogen and oxygen atoms in total. The summed E-state index contributed by atoms with van der Waals surface area (Å²) < 4.78 is 32.4. The molecule has 0 radical (unpaired) electrons. The molecule has 0 saturated heterocycles. The van der Waals surface area contributed by atoms with Crippen LogP contribution in [0.1, 0.15) is 50.8 Å². The first-order chi connectivity index (χ1) is 23.8. The number of nitrogens with one attached hydrogen (secondary N) is 1. The van der Waals surface area contributed by atoms with E-state index in [0.29, 0.717) is 16.3 Å². The number of carbonyl (C=O) groups is 1. The Morgan fingerprint density at radius 2 is 1.45 bits per heavy atom. The van der Waals surface area contributed by atoms with Crippen LogP contribution in [0.5, 0.6) is 0 Å². The lowest BCUT2D eigenvalue weighted by molar-refractivity contribution is 0.0697. The molecule has 6 rings (SSSR count). The van der Waals surface area contributed by atoms with Crippen molar-refractivity contribution in [1.82, 2.24) is 9.29 Å². The number of rotatable bonds is 14. The molecule has 5 aromatic carbocycles. The molecule has 250 valence electrons. The Labute approximate surface area is 296 Å². The van der Waals surface area contributed by atoms with Crippen molar-refractivity contribution in [3.8, 4) is 0 Å². The minimum atomic E-state index is -3.77. The van der Waals surface area contributed by atoms with E-state index in [9.17, 15) is 18.3 Å². The molecule has 0 aliphatic carbocycles. The number of nitrogens with zero attached hydrogens (tertiary/aromatic N) is 1. The summed E-state index contributed by atoms with van der Waals surface area (Å²) in [5.74, 6) is -0.945. The Balaban J connectivity index is 1.43. The summed E-state index contributed by atoms with van der Waals surface area (Å²) in [5.41, 5.74) is 6.73. The molecule has 2 N–H and O–H groups in total. The van der Waals surface area contributed by atoms with Crippen molar-refractivity contribution in [2.75, 3.05) is 12.8 Å². The second kappa shape index (κ2) is 15.5. The maximum absolute atomic E-state index is 13.6. The summed E-state index contributed by atoms with van der Waals surface area (Å²) >= 11 is 8.05. The summed E-state index contributed by atoms with van der Waals surface area (Å²) in [4.78, 5) is 12.3. The third-order valence-corrected chi connectivity index (χ3v) is 11.5. The van der Waals surface area contributed by atoms with Crippen LogP contribution in [0.15, 0.2) is 137 Å². The van der Waals surface area contributed by atoms with E-state index in [1.165, 1.54) is 11.8 Å². The van der Waals surface area contributed by atoms with Gasteiger partial charge < -0.3 is 9.67 Å². The topological polar surface area (TPSA) is 88.4 Å². The number of hydrogen-bond donors (Lipinski definition) is 2. The maximum Gasteiger partial charge on any atom is 0.335 e. The van der Waals surface area contributed by atoms with Crippen LogP contribution in [-0.4, -0.2) is 36.9 Å². The van der Waals surface area contributed by atoms with Crippen molar-refractivity contribution >= 4 is 50.3 Å². The van der Waals surface area contributed by atoms with Gasteiger partial charge in [0.25, 0.3) is 0 Å². The van der Waals surface area contributed by atoms with Gasteiger partial charge in [0.1, 0.15) is 0 Å². The molecule has 6 aromatic rings. The summed E-state index contributed by atoms with van der Waals surface area (Å²) in [6.07, 6.45) is 4.60. The molecule has 1 aromatic heterocycles. The Hall–Kier alpha value is -4.34. The van der Waals surface area contributed by atoms with E-state index in [4.69, 9.17) is 11.6 Å². The fourth-order valence-corrected chi connectivity index (χ4v) is 8.87. The zero-order valence-electron chi connectivity index (χ0n) is 27.1. The lowest BCUT2D eigenvalue weighted by Gasteiger charge is -2.25. The number of aryl methyl sites for hydroxylation is 2. The average molecular weight is 709 g/mol. The van der Waals surface area contributed by atoms with Gasteiger partial charge in [-0.15, -0.1) is 11.8 Å². The molecule has 0 aliphatic heterocycles. The van der Waals surface area contributed by atoms with E-state index in [1.54, 1.807) is 24.3 Å². The van der Waals surface area contributed by atoms with Crippen LogP contribution in [-0.2, 0) is 29.3 Å². The molecular formula is C40H37ClN2O4S2. The van der Waals surface area contributed by atoms with Gasteiger partial charge in [-0.05, 0) is 90.2 Å². The van der Waals surface area contributed by atoms with Crippen molar-refractivity contribution in [2.45, 2.75) is 41.5 Å². The largest absolute Gasteiger partial charge is 0.478 e. The molecule has 0 atom stereocenters. The van der Waals surface area contributed by atoms with E-state index in [0.717, 1.165) is 58.1 Å². The van der Waals surface area contributed by atoms with Crippen molar-refractivity contribution in [2.24, 2.45) is 0 Å². The quantitative estimate of drug-likeness (QED) is 0.110. The molecule has 49 heavy (non-hydrogen) atoms. The van der Waals surface area contributed by atoms with E-state index in [1.807, 2.05) is 79.1 Å². The molecule has 0 saturated carbocycles. The molecule has 0 fully saturated rings. The minimum absolute atomic E-state index is 0.174. The summed E-state index contributed by atoms with van der Waals surface area (Å²) in [5, 5.41) is 11.0. The van der Waals surface area contributed by atoms with E-state index in [2.05, 4.69) is 39.6 Å². The number of carboxylic acid groups (broad SMARTS) is 1. The third-order valence-electron chi connectivity index (χ3n) is 8.78. The molecule has 1 heterocycles. The smallest absolute Gasteiger partial charge is 0.335 e. The summed E-state index contributed by atoms with van der Waals surface area (Å²) in [6.45, 7) is 0.203. The highest BCUT2D eigenvalue weighted by molar-refractivity contribution is 7.99. The number of aromatic carboxylic acids is 1. The van der Waals surface area contributed by atoms with Crippen LogP contribution < -0.4 is 4.72 Å². The van der Waals surface area contributed by atoms with Gasteiger partial charge in [0.05, 0.1) is 16.5 Å². The molecule has 9 heteroatoms. The lowest BCUT2D eigenvalue weighted by Crippen LogP contribution is -2.28. The van der Waals surface area contributed by atoms with Gasteiger partial charge in [-0.1, -0.05) is 96.5 Å². The van der Waals surface area contributed by atoms with Gasteiger partial charge in [0.2, 0.25) is 10.0 Å². The average Bonchev–Trinajstić information content (AvgIpc) is 3.40. The number of thioether (sulfide) groups is 1. The first-order valence-corrected chi connectivity index (χ1v) is 19.2. The SMILES string of the molecule is CSc1ccccc1S(=O)(=O)NCCc1c(CCCc2ccc(C(=O)O)cc2)c2cc(Cl)ccc2n1C(c1ccccc1)c1ccccc1. The minimum Gasteiger partial charge on any atom is -0.478 e. The van der Waals surface area contributed by atoms with Gasteiger partial charge in [0, 0.05) is 39.5 Å². The fourth-order valence-electron chi connectivity index (χ4n) is 6.52. The van der Waals surface area contributed by atoms with Crippen molar-refractivity contribution in [3.05, 3.63) is 166 Å². The fraction of sp³-hybridized carbons (Fsp3) is 0.175. The van der Waals surface area contributed by atoms with Crippen LogP contribution in [0.3, 0.4) is 0 Å². The number of benzene rings is 5. The van der Waals surface area contributed by atoms with Gasteiger partial charge in [-0.25, -0.2) is 17.9 Å². The van der Waals surface area contributed by atoms with Crippen LogP contribution in [0.25, 0.3) is 10.9 Å². The predicted octanol–water partition coefficient (Wildman–Crippen LogP) is 9.05. The van der Waals surface area contributed by atoms with Crippen molar-refractivity contribution in [3.63, 3.8) is 0 Å². The number of aromatic nitrogens is 1. The van der Waals surface area contributed by atoms with E-state index < -0.39 is 16.0 Å².